The third-order valence-electron chi connectivity index (χ3n) is 4.47. The minimum atomic E-state index is 0. The number of nitrogens with zero attached hydrogens (tertiary/aromatic N) is 1. The summed E-state index contributed by atoms with van der Waals surface area (Å²) in [7, 11) is 1.43. The van der Waals surface area contributed by atoms with E-state index in [0.717, 1.165) is 5.69 Å². The van der Waals surface area contributed by atoms with Crippen molar-refractivity contribution in [1.82, 2.24) is 4.98 Å². The fourth-order valence-corrected chi connectivity index (χ4v) is 4.26. The largest absolute Gasteiger partial charge is 3.00 e. The number of pyridine rings is 1. The van der Waals surface area contributed by atoms with Crippen LogP contribution in [0.5, 0.6) is 0 Å². The van der Waals surface area contributed by atoms with E-state index in [4.69, 9.17) is 0 Å². The van der Waals surface area contributed by atoms with E-state index in [1.165, 1.54) is 36.6 Å². The number of fused-ring (bicyclic) bond motifs is 2. The standard InChI is InChI=1S/C14H10N.C9H9P.2ClH.Zr/c1-2-6-12-11(5-1)8-9-13(12)14-7-3-4-10-15-14;1-2-8-6-7-4-3-5-9(7)10-8;;;/h1-8,10,13H;3-6H,2H2,1H3;2*1H;/q-1;;;;+3/p-2. The smallest absolute Gasteiger partial charge is 1.00 e. The van der Waals surface area contributed by atoms with E-state index in [0.29, 0.717) is 0 Å². The first-order valence-electron chi connectivity index (χ1n) is 8.62. The van der Waals surface area contributed by atoms with Crippen molar-refractivity contribution in [1.29, 1.82) is 0 Å². The van der Waals surface area contributed by atoms with Gasteiger partial charge in [-0.2, -0.15) is 5.56 Å². The van der Waals surface area contributed by atoms with Crippen LogP contribution in [0, 0.1) is 6.08 Å². The number of aromatic nitrogens is 1. The summed E-state index contributed by atoms with van der Waals surface area (Å²) in [5, 5.41) is 3.03. The zero-order valence-corrected chi connectivity index (χ0v) is 20.3. The Labute approximate surface area is 200 Å². The number of hydrogen-bond acceptors (Lipinski definition) is 1. The Kier molecular flexibility index (Phi) is 10.6. The zero-order chi connectivity index (χ0) is 17.1. The average Bonchev–Trinajstić information content (AvgIpc) is 3.37. The van der Waals surface area contributed by atoms with Crippen LogP contribution in [0.1, 0.15) is 36.1 Å². The minimum Gasteiger partial charge on any atom is -1.00 e. The molecule has 139 valence electrons. The van der Waals surface area contributed by atoms with E-state index in [1.807, 2.05) is 24.4 Å². The van der Waals surface area contributed by atoms with E-state index in [9.17, 15) is 0 Å². The van der Waals surface area contributed by atoms with Gasteiger partial charge in [-0.1, -0.05) is 51.5 Å². The van der Waals surface area contributed by atoms with Crippen LogP contribution in [-0.2, 0) is 26.2 Å². The molecular weight excluding hydrogens is 483 g/mol. The molecule has 1 aliphatic heterocycles. The Bertz CT molecular complexity index is 946. The molecule has 1 atom stereocenters. The topological polar surface area (TPSA) is 12.9 Å². The SMILES string of the molecule is CCC1=PC2=CC=CC2=C1.[C-]1=Cc2ccccc2C1c1ccccn1.[Cl-].[Cl-].[Zr+3]. The summed E-state index contributed by atoms with van der Waals surface area (Å²) in [6.45, 7) is 2.21. The molecule has 0 fully saturated rings. The maximum Gasteiger partial charge on any atom is 3.00 e. The van der Waals surface area contributed by atoms with Crippen molar-refractivity contribution < 1.29 is 51.0 Å². The third kappa shape index (κ3) is 5.52. The Morgan fingerprint density at radius 2 is 1.86 bits per heavy atom. The van der Waals surface area contributed by atoms with Gasteiger partial charge in [-0.05, 0) is 47.5 Å². The van der Waals surface area contributed by atoms with E-state index < -0.39 is 0 Å². The minimum absolute atomic E-state index is 0. The number of allylic oxidation sites excluding steroid dienone is 7. The molecule has 28 heavy (non-hydrogen) atoms. The first-order valence-corrected chi connectivity index (χ1v) is 9.51. The number of benzene rings is 1. The van der Waals surface area contributed by atoms with Crippen molar-refractivity contribution in [2.75, 3.05) is 0 Å². The Balaban J connectivity index is 0.000000269. The summed E-state index contributed by atoms with van der Waals surface area (Å²) in [5.74, 6) is 0.211. The second-order valence-electron chi connectivity index (χ2n) is 6.09. The van der Waals surface area contributed by atoms with Crippen LogP contribution in [0.2, 0.25) is 0 Å². The summed E-state index contributed by atoms with van der Waals surface area (Å²) in [6.07, 6.45) is 17.2. The molecule has 0 N–H and O–H groups in total. The molecule has 0 spiro atoms. The van der Waals surface area contributed by atoms with Crippen LogP contribution in [0.3, 0.4) is 0 Å². The van der Waals surface area contributed by atoms with Gasteiger partial charge in [0.25, 0.3) is 0 Å². The Hall–Kier alpha value is -1.04. The molecule has 0 amide bonds. The van der Waals surface area contributed by atoms with E-state index in [1.54, 1.807) is 5.29 Å². The molecule has 0 saturated heterocycles. The predicted octanol–water partition coefficient (Wildman–Crippen LogP) is -0.0423. The summed E-state index contributed by atoms with van der Waals surface area (Å²) in [5.41, 5.74) is 5.06. The molecule has 2 heterocycles. The summed E-state index contributed by atoms with van der Waals surface area (Å²) < 4.78 is 0. The number of halogens is 2. The molecule has 1 nitrogen and oxygen atoms in total. The zero-order valence-electron chi connectivity index (χ0n) is 15.4. The van der Waals surface area contributed by atoms with Crippen LogP contribution in [0.4, 0.5) is 0 Å². The van der Waals surface area contributed by atoms with Crippen LogP contribution in [0.15, 0.2) is 83.9 Å². The van der Waals surface area contributed by atoms with Crippen molar-refractivity contribution >= 4 is 19.6 Å². The van der Waals surface area contributed by atoms with Gasteiger partial charge in [-0.25, -0.2) is 6.08 Å². The Morgan fingerprint density at radius 3 is 2.57 bits per heavy atom. The van der Waals surface area contributed by atoms with Gasteiger partial charge in [-0.3, -0.25) is 11.1 Å². The number of hydrogen-bond donors (Lipinski definition) is 0. The molecule has 1 aromatic heterocycles. The molecule has 1 unspecified atom stereocenters. The van der Waals surface area contributed by atoms with Crippen LogP contribution < -0.4 is 24.8 Å². The molecular formula is C23H19Cl2NPZr. The van der Waals surface area contributed by atoms with Gasteiger partial charge >= 0.3 is 26.2 Å². The normalized spacial score (nSPS) is 17.3. The average molecular weight is 503 g/mol. The molecule has 2 aliphatic carbocycles. The number of rotatable bonds is 2. The molecule has 1 aromatic carbocycles. The molecule has 0 saturated carbocycles. The van der Waals surface area contributed by atoms with Crippen molar-refractivity contribution in [2.45, 2.75) is 19.3 Å². The molecule has 0 bridgehead atoms. The third-order valence-corrected chi connectivity index (χ3v) is 5.85. The second-order valence-corrected chi connectivity index (χ2v) is 7.37. The van der Waals surface area contributed by atoms with E-state index in [-0.39, 0.29) is 56.9 Å². The summed E-state index contributed by atoms with van der Waals surface area (Å²) in [4.78, 5) is 4.38. The van der Waals surface area contributed by atoms with Gasteiger partial charge in [0.2, 0.25) is 0 Å². The summed E-state index contributed by atoms with van der Waals surface area (Å²) in [6, 6.07) is 14.4. The van der Waals surface area contributed by atoms with E-state index >= 15 is 0 Å². The quantitative estimate of drug-likeness (QED) is 0.415. The van der Waals surface area contributed by atoms with Gasteiger partial charge in [0.1, 0.15) is 0 Å². The van der Waals surface area contributed by atoms with Crippen molar-refractivity contribution in [2.24, 2.45) is 0 Å². The fourth-order valence-electron chi connectivity index (χ4n) is 3.16. The maximum atomic E-state index is 4.38. The van der Waals surface area contributed by atoms with Crippen molar-refractivity contribution in [3.05, 3.63) is 107 Å². The van der Waals surface area contributed by atoms with Crippen molar-refractivity contribution in [3.8, 4) is 0 Å². The van der Waals surface area contributed by atoms with Gasteiger partial charge in [0, 0.05) is 17.2 Å². The fraction of sp³-hybridized carbons (Fsp3) is 0.130. The molecule has 3 aliphatic rings. The molecule has 2 aromatic rings. The van der Waals surface area contributed by atoms with Gasteiger partial charge in [0.15, 0.2) is 0 Å². The van der Waals surface area contributed by atoms with Crippen molar-refractivity contribution in [3.63, 3.8) is 0 Å². The predicted molar refractivity (Wildman–Crippen MR) is 108 cm³/mol. The maximum absolute atomic E-state index is 4.38. The van der Waals surface area contributed by atoms with Crippen LogP contribution >= 0.6 is 8.20 Å². The second kappa shape index (κ2) is 11.8. The van der Waals surface area contributed by atoms with Crippen LogP contribution in [-0.4, -0.2) is 10.3 Å². The van der Waals surface area contributed by atoms with Gasteiger partial charge in [-0.15, -0.1) is 11.6 Å². The summed E-state index contributed by atoms with van der Waals surface area (Å²) >= 11 is 0. The first-order chi connectivity index (χ1) is 12.3. The monoisotopic (exact) mass is 500 g/mol. The Morgan fingerprint density at radius 1 is 1.07 bits per heavy atom. The van der Waals surface area contributed by atoms with Crippen LogP contribution in [0.25, 0.3) is 6.08 Å². The van der Waals surface area contributed by atoms with Gasteiger partial charge < -0.3 is 24.8 Å². The molecule has 5 rings (SSSR count). The van der Waals surface area contributed by atoms with Gasteiger partial charge in [0.05, 0.1) is 0 Å². The van der Waals surface area contributed by atoms with E-state index in [2.05, 4.69) is 72.6 Å². The first kappa shape index (κ1) is 25.0. The molecule has 1 radical (unpaired) electrons. The molecule has 5 heteroatoms.